The lowest BCUT2D eigenvalue weighted by Crippen LogP contribution is -2.30. The van der Waals surface area contributed by atoms with Crippen molar-refractivity contribution in [3.05, 3.63) is 48.2 Å². The number of benzene rings is 1. The molecule has 0 amide bonds. The molecular formula is C17H21N5O. The van der Waals surface area contributed by atoms with E-state index in [2.05, 4.69) is 43.3 Å². The summed E-state index contributed by atoms with van der Waals surface area (Å²) in [6.45, 7) is 4.45. The summed E-state index contributed by atoms with van der Waals surface area (Å²) in [4.78, 5) is 9.94. The van der Waals surface area contributed by atoms with Gasteiger partial charge in [-0.15, -0.1) is 0 Å². The van der Waals surface area contributed by atoms with Crippen molar-refractivity contribution < 1.29 is 4.74 Å². The van der Waals surface area contributed by atoms with Crippen LogP contribution in [-0.2, 0) is 17.7 Å². The number of aromatic nitrogens is 4. The molecule has 1 atom stereocenters. The van der Waals surface area contributed by atoms with Crippen LogP contribution in [0.4, 0.5) is 0 Å². The Morgan fingerprint density at radius 3 is 3.26 bits per heavy atom. The molecule has 6 nitrogen and oxygen atoms in total. The van der Waals surface area contributed by atoms with Gasteiger partial charge in [-0.2, -0.15) is 5.10 Å². The third-order valence-corrected chi connectivity index (χ3v) is 4.38. The summed E-state index contributed by atoms with van der Waals surface area (Å²) in [7, 11) is 0. The van der Waals surface area contributed by atoms with Crippen LogP contribution in [-0.4, -0.2) is 51.4 Å². The van der Waals surface area contributed by atoms with Gasteiger partial charge in [0.2, 0.25) is 0 Å². The van der Waals surface area contributed by atoms with Gasteiger partial charge in [-0.25, -0.2) is 4.98 Å². The molecule has 3 heterocycles. The van der Waals surface area contributed by atoms with Crippen LogP contribution in [0.2, 0.25) is 0 Å². The normalized spacial score (nSPS) is 19.9. The van der Waals surface area contributed by atoms with Crippen molar-refractivity contribution in [2.75, 3.05) is 26.3 Å². The van der Waals surface area contributed by atoms with Gasteiger partial charge in [0.25, 0.3) is 0 Å². The molecule has 1 aliphatic rings. The van der Waals surface area contributed by atoms with Crippen molar-refractivity contribution in [3.8, 4) is 0 Å². The molecule has 3 aromatic rings. The molecule has 1 aliphatic heterocycles. The molecular weight excluding hydrogens is 290 g/mol. The summed E-state index contributed by atoms with van der Waals surface area (Å²) in [6.07, 6.45) is 6.59. The average Bonchev–Trinajstić information content (AvgIpc) is 3.17. The van der Waals surface area contributed by atoms with E-state index in [9.17, 15) is 0 Å². The maximum atomic E-state index is 5.81. The van der Waals surface area contributed by atoms with E-state index in [1.807, 2.05) is 12.4 Å². The molecule has 0 saturated carbocycles. The predicted molar refractivity (Wildman–Crippen MR) is 88.0 cm³/mol. The molecule has 2 aromatic heterocycles. The Morgan fingerprint density at radius 2 is 2.35 bits per heavy atom. The quantitative estimate of drug-likeness (QED) is 0.773. The highest BCUT2D eigenvalue weighted by molar-refractivity contribution is 5.78. The van der Waals surface area contributed by atoms with Crippen LogP contribution in [0.1, 0.15) is 11.4 Å². The van der Waals surface area contributed by atoms with Gasteiger partial charge >= 0.3 is 0 Å². The van der Waals surface area contributed by atoms with Gasteiger partial charge in [-0.05, 0) is 30.0 Å². The molecule has 0 radical (unpaired) electrons. The molecule has 4 rings (SSSR count). The third kappa shape index (κ3) is 3.43. The van der Waals surface area contributed by atoms with E-state index < -0.39 is 0 Å². The molecule has 0 spiro atoms. The predicted octanol–water partition coefficient (Wildman–Crippen LogP) is 1.98. The second-order valence-corrected chi connectivity index (χ2v) is 6.21. The summed E-state index contributed by atoms with van der Waals surface area (Å²) in [5.74, 6) is 1.52. The number of H-pyrrole nitrogens is 2. The first-order valence-electron chi connectivity index (χ1n) is 8.07. The first kappa shape index (κ1) is 14.4. The number of fused-ring (bicyclic) bond motifs is 1. The Morgan fingerprint density at radius 1 is 1.35 bits per heavy atom. The first-order valence-corrected chi connectivity index (χ1v) is 8.07. The van der Waals surface area contributed by atoms with E-state index in [4.69, 9.17) is 4.74 Å². The summed E-state index contributed by atoms with van der Waals surface area (Å²) in [5.41, 5.74) is 2.43. The number of nitrogens with one attached hydrogen (secondary N) is 2. The van der Waals surface area contributed by atoms with E-state index in [0.717, 1.165) is 50.6 Å². The van der Waals surface area contributed by atoms with Crippen LogP contribution >= 0.6 is 0 Å². The molecule has 0 bridgehead atoms. The molecule has 1 aromatic carbocycles. The van der Waals surface area contributed by atoms with E-state index in [0.29, 0.717) is 5.92 Å². The smallest absolute Gasteiger partial charge is 0.120 e. The van der Waals surface area contributed by atoms with Crippen LogP contribution in [0.5, 0.6) is 0 Å². The molecule has 1 saturated heterocycles. The maximum absolute atomic E-state index is 5.81. The van der Waals surface area contributed by atoms with Gasteiger partial charge in [0, 0.05) is 30.9 Å². The fourth-order valence-corrected chi connectivity index (χ4v) is 3.27. The van der Waals surface area contributed by atoms with Crippen LogP contribution < -0.4 is 0 Å². The van der Waals surface area contributed by atoms with Crippen LogP contribution in [0, 0.1) is 5.92 Å². The van der Waals surface area contributed by atoms with Crippen molar-refractivity contribution in [1.82, 2.24) is 25.1 Å². The van der Waals surface area contributed by atoms with Crippen molar-refractivity contribution in [3.63, 3.8) is 0 Å². The fourth-order valence-electron chi connectivity index (χ4n) is 3.27. The number of hydrogen-bond acceptors (Lipinski definition) is 4. The molecule has 0 unspecified atom stereocenters. The van der Waals surface area contributed by atoms with Crippen molar-refractivity contribution in [2.24, 2.45) is 5.92 Å². The van der Waals surface area contributed by atoms with Gasteiger partial charge < -0.3 is 9.72 Å². The lowest BCUT2D eigenvalue weighted by Gasteiger charge is -2.22. The summed E-state index contributed by atoms with van der Waals surface area (Å²) >= 11 is 0. The van der Waals surface area contributed by atoms with E-state index in [1.54, 1.807) is 6.20 Å². The number of hydrogen-bond donors (Lipinski definition) is 2. The van der Waals surface area contributed by atoms with Gasteiger partial charge in [0.05, 0.1) is 31.5 Å². The minimum absolute atomic E-state index is 0.497. The summed E-state index contributed by atoms with van der Waals surface area (Å²) < 4.78 is 5.81. The number of rotatable bonds is 4. The standard InChI is InChI=1S/C17H21N5O/c1-2-16-15(9-20-21-16)8-13(1)7-14-10-22(5-6-23-12-14)11-17-18-3-4-19-17/h1-4,8-9,14H,5-7,10-12H2,(H,18,19)(H,20,21)/t14-/m1/s1. The van der Waals surface area contributed by atoms with Gasteiger partial charge in [0.1, 0.15) is 5.82 Å². The van der Waals surface area contributed by atoms with Crippen LogP contribution in [0.15, 0.2) is 36.8 Å². The molecule has 2 N–H and O–H groups in total. The minimum Gasteiger partial charge on any atom is -0.380 e. The fraction of sp³-hybridized carbons (Fsp3) is 0.412. The molecule has 23 heavy (non-hydrogen) atoms. The van der Waals surface area contributed by atoms with Crippen LogP contribution in [0.25, 0.3) is 10.9 Å². The lowest BCUT2D eigenvalue weighted by molar-refractivity contribution is 0.121. The minimum atomic E-state index is 0.497. The number of nitrogens with zero attached hydrogens (tertiary/aromatic N) is 3. The first-order chi connectivity index (χ1) is 11.4. The van der Waals surface area contributed by atoms with Crippen molar-refractivity contribution in [2.45, 2.75) is 13.0 Å². The number of imidazole rings is 1. The lowest BCUT2D eigenvalue weighted by atomic mass is 9.98. The Hall–Kier alpha value is -2.18. The highest BCUT2D eigenvalue weighted by Gasteiger charge is 2.20. The second-order valence-electron chi connectivity index (χ2n) is 6.21. The number of aromatic amines is 2. The largest absolute Gasteiger partial charge is 0.380 e. The molecule has 120 valence electrons. The van der Waals surface area contributed by atoms with E-state index in [-0.39, 0.29) is 0 Å². The molecule has 1 fully saturated rings. The zero-order chi connectivity index (χ0) is 15.5. The zero-order valence-corrected chi connectivity index (χ0v) is 13.0. The molecule has 6 heteroatoms. The van der Waals surface area contributed by atoms with Gasteiger partial charge in [-0.3, -0.25) is 10.00 Å². The highest BCUT2D eigenvalue weighted by atomic mass is 16.5. The van der Waals surface area contributed by atoms with Crippen LogP contribution in [0.3, 0.4) is 0 Å². The summed E-state index contributed by atoms with van der Waals surface area (Å²) in [5, 5.41) is 8.26. The Kier molecular flexibility index (Phi) is 4.08. The average molecular weight is 311 g/mol. The Labute approximate surface area is 134 Å². The Balaban J connectivity index is 1.44. The zero-order valence-electron chi connectivity index (χ0n) is 13.0. The second kappa shape index (κ2) is 6.52. The monoisotopic (exact) mass is 311 g/mol. The van der Waals surface area contributed by atoms with Gasteiger partial charge in [-0.1, -0.05) is 6.07 Å². The Bertz CT molecular complexity index is 751. The van der Waals surface area contributed by atoms with Gasteiger partial charge in [0.15, 0.2) is 0 Å². The topological polar surface area (TPSA) is 69.8 Å². The maximum Gasteiger partial charge on any atom is 0.120 e. The highest BCUT2D eigenvalue weighted by Crippen LogP contribution is 2.18. The SMILES string of the molecule is c1c[nH]c(CN2CCOC[C@H](Cc3ccc4[nH]ncc4c3)C2)n1. The van der Waals surface area contributed by atoms with E-state index >= 15 is 0 Å². The molecule has 0 aliphatic carbocycles. The number of ether oxygens (including phenoxy) is 1. The van der Waals surface area contributed by atoms with Crippen molar-refractivity contribution >= 4 is 10.9 Å². The van der Waals surface area contributed by atoms with Crippen molar-refractivity contribution in [1.29, 1.82) is 0 Å². The summed E-state index contributed by atoms with van der Waals surface area (Å²) in [6, 6.07) is 6.51. The van der Waals surface area contributed by atoms with E-state index in [1.165, 1.54) is 10.9 Å². The third-order valence-electron chi connectivity index (χ3n) is 4.38.